The van der Waals surface area contributed by atoms with Gasteiger partial charge < -0.3 is 10.7 Å². The first kappa shape index (κ1) is 15.8. The molecule has 0 unspecified atom stereocenters. The highest BCUT2D eigenvalue weighted by molar-refractivity contribution is 5.91. The van der Waals surface area contributed by atoms with Crippen molar-refractivity contribution in [3.63, 3.8) is 0 Å². The molecule has 23 heavy (non-hydrogen) atoms. The molecule has 120 valence electrons. The van der Waals surface area contributed by atoms with Crippen molar-refractivity contribution in [2.45, 2.75) is 33.1 Å². The maximum absolute atomic E-state index is 14.2. The molecule has 0 saturated carbocycles. The molecule has 3 rings (SSSR count). The Kier molecular flexibility index (Phi) is 4.49. The fraction of sp³-hybridized carbons (Fsp3) is 0.300. The molecule has 0 radical (unpaired) electrons. The SMILES string of the molecule is Cc1ccc(-c2[nH]c3c(F)cccc3c2CCCCN)c(C)c1. The van der Waals surface area contributed by atoms with Gasteiger partial charge in [-0.2, -0.15) is 0 Å². The second kappa shape index (κ2) is 6.55. The van der Waals surface area contributed by atoms with E-state index in [9.17, 15) is 4.39 Å². The predicted octanol–water partition coefficient (Wildman–Crippen LogP) is 4.87. The molecule has 1 heterocycles. The summed E-state index contributed by atoms with van der Waals surface area (Å²) in [4.78, 5) is 3.33. The first-order chi connectivity index (χ1) is 11.1. The summed E-state index contributed by atoms with van der Waals surface area (Å²) in [6.45, 7) is 4.88. The van der Waals surface area contributed by atoms with E-state index in [1.807, 2.05) is 6.07 Å². The van der Waals surface area contributed by atoms with E-state index in [1.54, 1.807) is 6.07 Å². The van der Waals surface area contributed by atoms with Crippen molar-refractivity contribution in [2.75, 3.05) is 6.54 Å². The number of fused-ring (bicyclic) bond motifs is 1. The van der Waals surface area contributed by atoms with Crippen molar-refractivity contribution < 1.29 is 4.39 Å². The fourth-order valence-electron chi connectivity index (χ4n) is 3.27. The van der Waals surface area contributed by atoms with Crippen molar-refractivity contribution in [3.05, 3.63) is 58.9 Å². The molecule has 0 spiro atoms. The average Bonchev–Trinajstić information content (AvgIpc) is 2.88. The normalized spacial score (nSPS) is 11.3. The number of hydrogen-bond acceptors (Lipinski definition) is 1. The maximum Gasteiger partial charge on any atom is 0.147 e. The number of hydrogen-bond donors (Lipinski definition) is 2. The molecule has 0 aliphatic heterocycles. The molecule has 0 fully saturated rings. The van der Waals surface area contributed by atoms with Crippen LogP contribution >= 0.6 is 0 Å². The lowest BCUT2D eigenvalue weighted by molar-refractivity contribution is 0.637. The zero-order valence-electron chi connectivity index (χ0n) is 13.7. The summed E-state index contributed by atoms with van der Waals surface area (Å²) in [7, 11) is 0. The van der Waals surface area contributed by atoms with E-state index in [0.29, 0.717) is 12.1 Å². The smallest absolute Gasteiger partial charge is 0.147 e. The lowest BCUT2D eigenvalue weighted by atomic mass is 9.96. The molecule has 0 amide bonds. The second-order valence-electron chi connectivity index (χ2n) is 6.21. The molecule has 0 aliphatic carbocycles. The number of unbranched alkanes of at least 4 members (excludes halogenated alkanes) is 1. The molecule has 3 N–H and O–H groups in total. The summed E-state index contributed by atoms with van der Waals surface area (Å²) in [5.41, 5.74) is 12.1. The van der Waals surface area contributed by atoms with Gasteiger partial charge in [-0.3, -0.25) is 0 Å². The van der Waals surface area contributed by atoms with Gasteiger partial charge in [-0.1, -0.05) is 35.9 Å². The molecule has 0 bridgehead atoms. The lowest BCUT2D eigenvalue weighted by Gasteiger charge is -2.09. The Bertz CT molecular complexity index is 833. The Morgan fingerprint density at radius 1 is 1.09 bits per heavy atom. The number of H-pyrrole nitrogens is 1. The third kappa shape index (κ3) is 3.02. The van der Waals surface area contributed by atoms with Crippen LogP contribution in [0, 0.1) is 19.7 Å². The molecule has 0 atom stereocenters. The molecule has 2 aromatic carbocycles. The van der Waals surface area contributed by atoms with Crippen LogP contribution in [0.4, 0.5) is 4.39 Å². The lowest BCUT2D eigenvalue weighted by Crippen LogP contribution is -1.99. The largest absolute Gasteiger partial charge is 0.352 e. The number of rotatable bonds is 5. The number of aryl methyl sites for hydroxylation is 3. The Morgan fingerprint density at radius 2 is 1.91 bits per heavy atom. The molecule has 0 aliphatic rings. The Hall–Kier alpha value is -2.13. The summed E-state index contributed by atoms with van der Waals surface area (Å²) in [6, 6.07) is 11.7. The molecular formula is C20H23FN2. The van der Waals surface area contributed by atoms with Gasteiger partial charge in [0, 0.05) is 10.9 Å². The fourth-order valence-corrected chi connectivity index (χ4v) is 3.27. The van der Waals surface area contributed by atoms with Gasteiger partial charge in [0.1, 0.15) is 5.82 Å². The zero-order valence-corrected chi connectivity index (χ0v) is 13.7. The van der Waals surface area contributed by atoms with E-state index < -0.39 is 0 Å². The minimum atomic E-state index is -0.196. The van der Waals surface area contributed by atoms with Crippen LogP contribution in [-0.4, -0.2) is 11.5 Å². The Balaban J connectivity index is 2.17. The van der Waals surface area contributed by atoms with Crippen LogP contribution in [0.1, 0.15) is 29.5 Å². The highest BCUT2D eigenvalue weighted by Gasteiger charge is 2.16. The van der Waals surface area contributed by atoms with Gasteiger partial charge in [-0.15, -0.1) is 0 Å². The standard InChI is InChI=1S/C20H23FN2/c1-13-9-10-15(14(2)12-13)19-16(6-3-4-11-22)17-7-5-8-18(21)20(17)23-19/h5,7-10,12,23H,3-4,6,11,22H2,1-2H3. The van der Waals surface area contributed by atoms with Crippen LogP contribution in [0.15, 0.2) is 36.4 Å². The number of aromatic nitrogens is 1. The summed E-state index contributed by atoms with van der Waals surface area (Å²) in [5.74, 6) is -0.196. The summed E-state index contributed by atoms with van der Waals surface area (Å²) in [5, 5.41) is 0.983. The molecule has 3 aromatic rings. The Labute approximate surface area is 136 Å². The quantitative estimate of drug-likeness (QED) is 0.648. The summed E-state index contributed by atoms with van der Waals surface area (Å²) < 4.78 is 14.2. The Morgan fingerprint density at radius 3 is 2.65 bits per heavy atom. The molecule has 0 saturated heterocycles. The number of nitrogens with one attached hydrogen (secondary N) is 1. The second-order valence-corrected chi connectivity index (χ2v) is 6.21. The summed E-state index contributed by atoms with van der Waals surface area (Å²) >= 11 is 0. The molecular weight excluding hydrogens is 287 g/mol. The number of benzene rings is 2. The van der Waals surface area contributed by atoms with Crippen molar-refractivity contribution >= 4 is 10.9 Å². The number of aromatic amines is 1. The van der Waals surface area contributed by atoms with Crippen LogP contribution in [-0.2, 0) is 6.42 Å². The summed E-state index contributed by atoms with van der Waals surface area (Å²) in [6.07, 6.45) is 2.90. The minimum absolute atomic E-state index is 0.196. The highest BCUT2D eigenvalue weighted by atomic mass is 19.1. The van der Waals surface area contributed by atoms with Crippen LogP contribution in [0.3, 0.4) is 0 Å². The van der Waals surface area contributed by atoms with Gasteiger partial charge >= 0.3 is 0 Å². The van der Waals surface area contributed by atoms with Gasteiger partial charge in [0.25, 0.3) is 0 Å². The van der Waals surface area contributed by atoms with E-state index in [4.69, 9.17) is 5.73 Å². The van der Waals surface area contributed by atoms with E-state index in [-0.39, 0.29) is 5.82 Å². The van der Waals surface area contributed by atoms with Crippen molar-refractivity contribution in [1.82, 2.24) is 4.98 Å². The molecule has 1 aromatic heterocycles. The minimum Gasteiger partial charge on any atom is -0.352 e. The first-order valence-electron chi connectivity index (χ1n) is 8.18. The monoisotopic (exact) mass is 310 g/mol. The van der Waals surface area contributed by atoms with Crippen LogP contribution in [0.2, 0.25) is 0 Å². The molecule has 3 heteroatoms. The van der Waals surface area contributed by atoms with Gasteiger partial charge in [-0.05, 0) is 56.8 Å². The number of halogens is 1. The first-order valence-corrected chi connectivity index (χ1v) is 8.18. The van der Waals surface area contributed by atoms with Gasteiger partial charge in [0.15, 0.2) is 0 Å². The number of para-hydroxylation sites is 1. The van der Waals surface area contributed by atoms with E-state index >= 15 is 0 Å². The van der Waals surface area contributed by atoms with Crippen molar-refractivity contribution in [2.24, 2.45) is 5.73 Å². The van der Waals surface area contributed by atoms with Crippen molar-refractivity contribution in [1.29, 1.82) is 0 Å². The highest BCUT2D eigenvalue weighted by Crippen LogP contribution is 2.34. The topological polar surface area (TPSA) is 41.8 Å². The predicted molar refractivity (Wildman–Crippen MR) is 95.2 cm³/mol. The van der Waals surface area contributed by atoms with Gasteiger partial charge in [-0.25, -0.2) is 4.39 Å². The van der Waals surface area contributed by atoms with E-state index in [1.165, 1.54) is 22.8 Å². The van der Waals surface area contributed by atoms with Crippen LogP contribution < -0.4 is 5.73 Å². The van der Waals surface area contributed by atoms with Crippen molar-refractivity contribution in [3.8, 4) is 11.3 Å². The van der Waals surface area contributed by atoms with E-state index in [2.05, 4.69) is 37.0 Å². The average molecular weight is 310 g/mol. The molecule has 2 nitrogen and oxygen atoms in total. The van der Waals surface area contributed by atoms with Gasteiger partial charge in [0.2, 0.25) is 0 Å². The third-order valence-electron chi connectivity index (χ3n) is 4.42. The van der Waals surface area contributed by atoms with Gasteiger partial charge in [0.05, 0.1) is 11.2 Å². The maximum atomic E-state index is 14.2. The van der Waals surface area contributed by atoms with Crippen LogP contribution in [0.5, 0.6) is 0 Å². The van der Waals surface area contributed by atoms with Crippen LogP contribution in [0.25, 0.3) is 22.2 Å². The third-order valence-corrected chi connectivity index (χ3v) is 4.42. The van der Waals surface area contributed by atoms with E-state index in [0.717, 1.165) is 35.9 Å². The number of nitrogens with two attached hydrogens (primary N) is 1. The zero-order chi connectivity index (χ0) is 16.4.